The Labute approximate surface area is 160 Å². The van der Waals surface area contributed by atoms with Gasteiger partial charge in [-0.3, -0.25) is 0 Å². The van der Waals surface area contributed by atoms with E-state index in [9.17, 15) is 14.3 Å². The van der Waals surface area contributed by atoms with Gasteiger partial charge in [0.15, 0.2) is 11.5 Å². The Kier molecular flexibility index (Phi) is 5.88. The maximum atomic E-state index is 13.8. The van der Waals surface area contributed by atoms with E-state index in [1.54, 1.807) is 54.6 Å². The van der Waals surface area contributed by atoms with Crippen LogP contribution in [0.4, 0.5) is 4.39 Å². The van der Waals surface area contributed by atoms with E-state index in [2.05, 4.69) is 0 Å². The zero-order valence-electron chi connectivity index (χ0n) is 14.5. The third kappa shape index (κ3) is 4.54. The van der Waals surface area contributed by atoms with E-state index >= 15 is 0 Å². The average molecular weight is 384 g/mol. The maximum Gasteiger partial charge on any atom is 0.337 e. The van der Waals surface area contributed by atoms with Crippen LogP contribution in [0, 0.1) is 5.82 Å². The van der Waals surface area contributed by atoms with Crippen LogP contribution in [0.15, 0.2) is 60.0 Å². The number of aliphatic carboxylic acids is 1. The third-order valence-corrected chi connectivity index (χ3v) is 4.76. The lowest BCUT2D eigenvalue weighted by Gasteiger charge is -2.12. The monoisotopic (exact) mass is 384 g/mol. The molecule has 0 radical (unpaired) electrons. The summed E-state index contributed by atoms with van der Waals surface area (Å²) in [6, 6.07) is 15.0. The molecule has 0 amide bonds. The minimum atomic E-state index is -1.01. The second kappa shape index (κ2) is 8.51. The lowest BCUT2D eigenvalue weighted by atomic mass is 10.1. The Hall–Kier alpha value is -3.12. The zero-order valence-corrected chi connectivity index (χ0v) is 15.3. The molecule has 27 heavy (non-hydrogen) atoms. The van der Waals surface area contributed by atoms with Crippen molar-refractivity contribution in [2.75, 3.05) is 7.11 Å². The summed E-state index contributed by atoms with van der Waals surface area (Å²) in [5, 5.41) is 11.3. The van der Waals surface area contributed by atoms with Gasteiger partial charge in [-0.05, 0) is 41.3 Å². The predicted molar refractivity (Wildman–Crippen MR) is 104 cm³/mol. The molecule has 0 aliphatic rings. The molecule has 3 rings (SSSR count). The summed E-state index contributed by atoms with van der Waals surface area (Å²) in [4.78, 5) is 12.3. The van der Waals surface area contributed by atoms with Gasteiger partial charge in [0.2, 0.25) is 0 Å². The fourth-order valence-electron chi connectivity index (χ4n) is 2.50. The molecule has 138 valence electrons. The molecule has 6 heteroatoms. The lowest BCUT2D eigenvalue weighted by molar-refractivity contribution is -0.130. The van der Waals surface area contributed by atoms with Gasteiger partial charge in [-0.1, -0.05) is 30.3 Å². The smallest absolute Gasteiger partial charge is 0.337 e. The molecule has 0 unspecified atom stereocenters. The minimum Gasteiger partial charge on any atom is -0.493 e. The van der Waals surface area contributed by atoms with Gasteiger partial charge in [0, 0.05) is 10.4 Å². The van der Waals surface area contributed by atoms with Crippen molar-refractivity contribution in [3.63, 3.8) is 0 Å². The minimum absolute atomic E-state index is 0.0346. The van der Waals surface area contributed by atoms with Gasteiger partial charge in [-0.25, -0.2) is 9.18 Å². The maximum absolute atomic E-state index is 13.8. The van der Waals surface area contributed by atoms with Crippen molar-refractivity contribution in [3.8, 4) is 11.5 Å². The van der Waals surface area contributed by atoms with Crippen molar-refractivity contribution in [1.29, 1.82) is 0 Å². The van der Waals surface area contributed by atoms with E-state index in [1.165, 1.54) is 24.5 Å². The number of carbonyl (C=O) groups is 1. The highest BCUT2D eigenvalue weighted by Crippen LogP contribution is 2.31. The molecule has 0 saturated carbocycles. The number of methoxy groups -OCH3 is 1. The number of hydrogen-bond donors (Lipinski definition) is 1. The van der Waals surface area contributed by atoms with E-state index in [1.807, 2.05) is 5.38 Å². The molecule has 1 heterocycles. The Bertz CT molecular complexity index is 964. The number of rotatable bonds is 7. The number of carboxylic acids is 1. The van der Waals surface area contributed by atoms with E-state index in [0.717, 1.165) is 0 Å². The highest BCUT2D eigenvalue weighted by molar-refractivity contribution is 7.11. The SMILES string of the molecule is COc1ccc(/C=C(\C(=O)O)c2cccs2)cc1OCc1ccccc1F. The zero-order chi connectivity index (χ0) is 19.2. The number of halogens is 1. The van der Waals surface area contributed by atoms with Crippen molar-refractivity contribution in [2.24, 2.45) is 0 Å². The molecule has 3 aromatic rings. The Balaban J connectivity index is 1.90. The number of thiophene rings is 1. The number of ether oxygens (including phenoxy) is 2. The molecule has 0 bridgehead atoms. The van der Waals surface area contributed by atoms with E-state index < -0.39 is 5.97 Å². The quantitative estimate of drug-likeness (QED) is 0.576. The van der Waals surface area contributed by atoms with Crippen molar-refractivity contribution < 1.29 is 23.8 Å². The van der Waals surface area contributed by atoms with Crippen LogP contribution in [0.1, 0.15) is 16.0 Å². The third-order valence-electron chi connectivity index (χ3n) is 3.86. The van der Waals surface area contributed by atoms with Crippen molar-refractivity contribution in [2.45, 2.75) is 6.61 Å². The van der Waals surface area contributed by atoms with E-state index in [-0.39, 0.29) is 18.0 Å². The summed E-state index contributed by atoms with van der Waals surface area (Å²) < 4.78 is 24.8. The topological polar surface area (TPSA) is 55.8 Å². The molecule has 2 aromatic carbocycles. The number of carboxylic acid groups (broad SMARTS) is 1. The summed E-state index contributed by atoms with van der Waals surface area (Å²) in [5.41, 5.74) is 1.26. The van der Waals surface area contributed by atoms with Crippen LogP contribution in [0.25, 0.3) is 11.6 Å². The number of hydrogen-bond acceptors (Lipinski definition) is 4. The van der Waals surface area contributed by atoms with Gasteiger partial charge < -0.3 is 14.6 Å². The van der Waals surface area contributed by atoms with Gasteiger partial charge in [-0.2, -0.15) is 0 Å². The van der Waals surface area contributed by atoms with E-state index in [0.29, 0.717) is 27.5 Å². The standard InChI is InChI=1S/C21H17FO4S/c1-25-18-9-8-14(11-16(21(23)24)20-7-4-10-27-20)12-19(18)26-13-15-5-2-3-6-17(15)22/h2-12H,13H2,1H3,(H,23,24)/b16-11-. The molecular weight excluding hydrogens is 367 g/mol. The number of benzene rings is 2. The lowest BCUT2D eigenvalue weighted by Crippen LogP contribution is -2.01. The highest BCUT2D eigenvalue weighted by Gasteiger charge is 2.13. The molecule has 0 spiro atoms. The Morgan fingerprint density at radius 1 is 1.15 bits per heavy atom. The first-order valence-corrected chi connectivity index (χ1v) is 8.99. The van der Waals surface area contributed by atoms with Gasteiger partial charge in [-0.15, -0.1) is 11.3 Å². The summed E-state index contributed by atoms with van der Waals surface area (Å²) in [7, 11) is 1.51. The van der Waals surface area contributed by atoms with Crippen molar-refractivity contribution in [1.82, 2.24) is 0 Å². The Morgan fingerprint density at radius 2 is 1.96 bits per heavy atom. The molecule has 0 aliphatic heterocycles. The predicted octanol–water partition coefficient (Wildman–Crippen LogP) is 5.10. The van der Waals surface area contributed by atoms with Gasteiger partial charge in [0.1, 0.15) is 12.4 Å². The first kappa shape index (κ1) is 18.7. The molecule has 1 aromatic heterocycles. The first-order chi connectivity index (χ1) is 13.1. The van der Waals surface area contributed by atoms with Crippen molar-refractivity contribution in [3.05, 3.63) is 81.8 Å². The van der Waals surface area contributed by atoms with E-state index in [4.69, 9.17) is 9.47 Å². The van der Waals surface area contributed by atoms with Crippen LogP contribution in [-0.4, -0.2) is 18.2 Å². The largest absolute Gasteiger partial charge is 0.493 e. The molecular formula is C21H17FO4S. The summed E-state index contributed by atoms with van der Waals surface area (Å²) >= 11 is 1.35. The summed E-state index contributed by atoms with van der Waals surface area (Å²) in [6.45, 7) is 0.0346. The second-order valence-electron chi connectivity index (χ2n) is 5.63. The average Bonchev–Trinajstić information content (AvgIpc) is 3.19. The van der Waals surface area contributed by atoms with Crippen LogP contribution in [0.2, 0.25) is 0 Å². The molecule has 0 atom stereocenters. The molecule has 0 saturated heterocycles. The van der Waals surface area contributed by atoms with Gasteiger partial charge >= 0.3 is 5.97 Å². The highest BCUT2D eigenvalue weighted by atomic mass is 32.1. The van der Waals surface area contributed by atoms with Crippen LogP contribution in [0.5, 0.6) is 11.5 Å². The molecule has 1 N–H and O–H groups in total. The van der Waals surface area contributed by atoms with Gasteiger partial charge in [0.25, 0.3) is 0 Å². The molecule has 4 nitrogen and oxygen atoms in total. The first-order valence-electron chi connectivity index (χ1n) is 8.11. The van der Waals surface area contributed by atoms with Crippen LogP contribution in [0.3, 0.4) is 0 Å². The summed E-state index contributed by atoms with van der Waals surface area (Å²) in [6.07, 6.45) is 1.57. The van der Waals surface area contributed by atoms with Crippen LogP contribution < -0.4 is 9.47 Å². The van der Waals surface area contributed by atoms with Crippen LogP contribution in [-0.2, 0) is 11.4 Å². The van der Waals surface area contributed by atoms with Crippen LogP contribution >= 0.6 is 11.3 Å². The normalized spacial score (nSPS) is 11.3. The Morgan fingerprint density at radius 3 is 2.63 bits per heavy atom. The fraction of sp³-hybridized carbons (Fsp3) is 0.0952. The fourth-order valence-corrected chi connectivity index (χ4v) is 3.24. The summed E-state index contributed by atoms with van der Waals surface area (Å²) in [5.74, 6) is -0.470. The van der Waals surface area contributed by atoms with Crippen molar-refractivity contribution >= 4 is 29.0 Å². The molecule has 0 fully saturated rings. The van der Waals surface area contributed by atoms with Gasteiger partial charge in [0.05, 0.1) is 12.7 Å². The molecule has 0 aliphatic carbocycles. The second-order valence-corrected chi connectivity index (χ2v) is 6.58.